The van der Waals surface area contributed by atoms with Gasteiger partial charge in [-0.25, -0.2) is 0 Å². The summed E-state index contributed by atoms with van der Waals surface area (Å²) in [6, 6.07) is 12.5. The molecule has 1 fully saturated rings. The van der Waals surface area contributed by atoms with Gasteiger partial charge in [-0.1, -0.05) is 23.7 Å². The standard InChI is InChI=1S/C19H19ClN2O3/c1-13-11-14(20)8-9-17(13)25-12-18(23)21-15-5-2-3-6-16(15)22-10-4-7-19(22)24/h2-3,5-6,8-9,11H,4,7,10,12H2,1H3,(H,21,23). The molecular weight excluding hydrogens is 340 g/mol. The van der Waals surface area contributed by atoms with Crippen LogP contribution in [0.4, 0.5) is 11.4 Å². The molecule has 3 rings (SSSR count). The number of hydrogen-bond acceptors (Lipinski definition) is 3. The summed E-state index contributed by atoms with van der Waals surface area (Å²) < 4.78 is 5.56. The Morgan fingerprint density at radius 1 is 1.28 bits per heavy atom. The van der Waals surface area contributed by atoms with Gasteiger partial charge in [0.1, 0.15) is 5.75 Å². The number of amides is 2. The van der Waals surface area contributed by atoms with Crippen LogP contribution in [0.1, 0.15) is 18.4 Å². The molecule has 130 valence electrons. The van der Waals surface area contributed by atoms with Gasteiger partial charge in [-0.15, -0.1) is 0 Å². The van der Waals surface area contributed by atoms with Crippen molar-refractivity contribution in [1.29, 1.82) is 0 Å². The molecule has 1 N–H and O–H groups in total. The van der Waals surface area contributed by atoms with Crippen LogP contribution >= 0.6 is 11.6 Å². The maximum Gasteiger partial charge on any atom is 0.262 e. The second kappa shape index (κ2) is 7.57. The minimum Gasteiger partial charge on any atom is -0.483 e. The van der Waals surface area contributed by atoms with Gasteiger partial charge in [-0.2, -0.15) is 0 Å². The van der Waals surface area contributed by atoms with Gasteiger partial charge in [0.05, 0.1) is 11.4 Å². The van der Waals surface area contributed by atoms with E-state index in [4.69, 9.17) is 16.3 Å². The number of hydrogen-bond donors (Lipinski definition) is 1. The zero-order chi connectivity index (χ0) is 17.8. The number of rotatable bonds is 5. The Labute approximate surface area is 151 Å². The number of ether oxygens (including phenoxy) is 1. The third kappa shape index (κ3) is 4.12. The van der Waals surface area contributed by atoms with Crippen molar-refractivity contribution in [3.8, 4) is 5.75 Å². The van der Waals surface area contributed by atoms with E-state index in [1.807, 2.05) is 25.1 Å². The fourth-order valence-electron chi connectivity index (χ4n) is 2.82. The molecular formula is C19H19ClN2O3. The summed E-state index contributed by atoms with van der Waals surface area (Å²) in [5.74, 6) is 0.408. The van der Waals surface area contributed by atoms with Gasteiger partial charge in [0.2, 0.25) is 5.91 Å². The molecule has 2 aromatic rings. The Balaban J connectivity index is 1.66. The lowest BCUT2D eigenvalue weighted by molar-refractivity contribution is -0.118. The monoisotopic (exact) mass is 358 g/mol. The van der Waals surface area contributed by atoms with E-state index in [2.05, 4.69) is 5.32 Å². The van der Waals surface area contributed by atoms with E-state index in [1.165, 1.54) is 0 Å². The number of nitrogens with one attached hydrogen (secondary N) is 1. The Bertz CT molecular complexity index is 807. The zero-order valence-corrected chi connectivity index (χ0v) is 14.7. The maximum atomic E-state index is 12.2. The molecule has 2 aromatic carbocycles. The van der Waals surface area contributed by atoms with Crippen LogP contribution < -0.4 is 15.0 Å². The van der Waals surface area contributed by atoms with E-state index in [0.29, 0.717) is 29.4 Å². The highest BCUT2D eigenvalue weighted by Gasteiger charge is 2.24. The lowest BCUT2D eigenvalue weighted by atomic mass is 10.2. The molecule has 1 aliphatic rings. The van der Waals surface area contributed by atoms with Crippen molar-refractivity contribution in [2.75, 3.05) is 23.4 Å². The van der Waals surface area contributed by atoms with Crippen LogP contribution in [0.25, 0.3) is 0 Å². The van der Waals surface area contributed by atoms with Crippen molar-refractivity contribution in [1.82, 2.24) is 0 Å². The Morgan fingerprint density at radius 2 is 2.08 bits per heavy atom. The first kappa shape index (κ1) is 17.3. The fraction of sp³-hybridized carbons (Fsp3) is 0.263. The van der Waals surface area contributed by atoms with Gasteiger partial charge in [0.15, 0.2) is 6.61 Å². The van der Waals surface area contributed by atoms with Crippen molar-refractivity contribution in [3.63, 3.8) is 0 Å². The van der Waals surface area contributed by atoms with E-state index >= 15 is 0 Å². The van der Waals surface area contributed by atoms with Gasteiger partial charge in [-0.3, -0.25) is 9.59 Å². The average molecular weight is 359 g/mol. The van der Waals surface area contributed by atoms with Crippen LogP contribution in [0.3, 0.4) is 0 Å². The first-order valence-electron chi connectivity index (χ1n) is 8.13. The summed E-state index contributed by atoms with van der Waals surface area (Å²) in [6.45, 7) is 2.42. The van der Waals surface area contributed by atoms with Crippen molar-refractivity contribution in [3.05, 3.63) is 53.1 Å². The van der Waals surface area contributed by atoms with Gasteiger partial charge >= 0.3 is 0 Å². The molecule has 6 heteroatoms. The van der Waals surface area contributed by atoms with Crippen molar-refractivity contribution in [2.45, 2.75) is 19.8 Å². The van der Waals surface area contributed by atoms with Crippen LogP contribution in [-0.2, 0) is 9.59 Å². The highest BCUT2D eigenvalue weighted by atomic mass is 35.5. The number of carbonyl (C=O) groups is 2. The van der Waals surface area contributed by atoms with E-state index < -0.39 is 0 Å². The molecule has 1 heterocycles. The van der Waals surface area contributed by atoms with Crippen LogP contribution in [0.2, 0.25) is 5.02 Å². The normalized spacial score (nSPS) is 13.8. The van der Waals surface area contributed by atoms with Crippen LogP contribution in [0.5, 0.6) is 5.75 Å². The maximum absolute atomic E-state index is 12.2. The largest absolute Gasteiger partial charge is 0.483 e. The summed E-state index contributed by atoms with van der Waals surface area (Å²) in [7, 11) is 0. The van der Waals surface area contributed by atoms with Gasteiger partial charge in [-0.05, 0) is 49.2 Å². The van der Waals surface area contributed by atoms with Gasteiger partial charge in [0, 0.05) is 18.0 Å². The van der Waals surface area contributed by atoms with Crippen molar-refractivity contribution in [2.24, 2.45) is 0 Å². The first-order chi connectivity index (χ1) is 12.0. The first-order valence-corrected chi connectivity index (χ1v) is 8.50. The number of aryl methyl sites for hydroxylation is 1. The lowest BCUT2D eigenvalue weighted by Crippen LogP contribution is -2.27. The lowest BCUT2D eigenvalue weighted by Gasteiger charge is -2.20. The van der Waals surface area contributed by atoms with Gasteiger partial charge in [0.25, 0.3) is 5.91 Å². The van der Waals surface area contributed by atoms with Crippen LogP contribution in [0, 0.1) is 6.92 Å². The molecule has 0 radical (unpaired) electrons. The number of para-hydroxylation sites is 2. The molecule has 5 nitrogen and oxygen atoms in total. The third-order valence-corrected chi connectivity index (χ3v) is 4.27. The number of benzene rings is 2. The van der Waals surface area contributed by atoms with E-state index in [0.717, 1.165) is 17.7 Å². The molecule has 1 saturated heterocycles. The van der Waals surface area contributed by atoms with E-state index in [9.17, 15) is 9.59 Å². The summed E-state index contributed by atoms with van der Waals surface area (Å²) >= 11 is 5.91. The number of carbonyl (C=O) groups excluding carboxylic acids is 2. The SMILES string of the molecule is Cc1cc(Cl)ccc1OCC(=O)Nc1ccccc1N1CCCC1=O. The molecule has 0 unspecified atom stereocenters. The second-order valence-electron chi connectivity index (χ2n) is 5.91. The summed E-state index contributed by atoms with van der Waals surface area (Å²) in [6.07, 6.45) is 1.38. The highest BCUT2D eigenvalue weighted by Crippen LogP contribution is 2.29. The Morgan fingerprint density at radius 3 is 2.80 bits per heavy atom. The van der Waals surface area contributed by atoms with Crippen LogP contribution in [-0.4, -0.2) is 25.0 Å². The highest BCUT2D eigenvalue weighted by molar-refractivity contribution is 6.30. The van der Waals surface area contributed by atoms with E-state index in [1.54, 1.807) is 29.2 Å². The predicted molar refractivity (Wildman–Crippen MR) is 98.3 cm³/mol. The Kier molecular flexibility index (Phi) is 5.24. The van der Waals surface area contributed by atoms with E-state index in [-0.39, 0.29) is 18.4 Å². The average Bonchev–Trinajstić information content (AvgIpc) is 3.00. The minimum atomic E-state index is -0.284. The third-order valence-electron chi connectivity index (χ3n) is 4.04. The fourth-order valence-corrected chi connectivity index (χ4v) is 3.05. The second-order valence-corrected chi connectivity index (χ2v) is 6.35. The van der Waals surface area contributed by atoms with Gasteiger partial charge < -0.3 is 15.0 Å². The molecule has 25 heavy (non-hydrogen) atoms. The molecule has 0 aliphatic carbocycles. The molecule has 0 spiro atoms. The molecule has 2 amide bonds. The predicted octanol–water partition coefficient (Wildman–Crippen LogP) is 3.79. The Hall–Kier alpha value is -2.53. The topological polar surface area (TPSA) is 58.6 Å². The quantitative estimate of drug-likeness (QED) is 0.884. The van der Waals surface area contributed by atoms with Crippen molar-refractivity contribution >= 4 is 34.8 Å². The van der Waals surface area contributed by atoms with Crippen molar-refractivity contribution < 1.29 is 14.3 Å². The molecule has 0 saturated carbocycles. The zero-order valence-electron chi connectivity index (χ0n) is 13.9. The molecule has 1 aliphatic heterocycles. The molecule has 0 atom stereocenters. The summed E-state index contributed by atoms with van der Waals surface area (Å²) in [4.78, 5) is 25.9. The van der Waals surface area contributed by atoms with Crippen LogP contribution in [0.15, 0.2) is 42.5 Å². The summed E-state index contributed by atoms with van der Waals surface area (Å²) in [5, 5.41) is 3.45. The number of nitrogens with zero attached hydrogens (tertiary/aromatic N) is 1. The number of halogens is 1. The molecule has 0 aromatic heterocycles. The minimum absolute atomic E-state index is 0.0785. The smallest absolute Gasteiger partial charge is 0.262 e. The number of anilines is 2. The molecule has 0 bridgehead atoms. The summed E-state index contributed by atoms with van der Waals surface area (Å²) in [5.41, 5.74) is 2.20.